The average molecular weight is 234 g/mol. The van der Waals surface area contributed by atoms with Crippen LogP contribution in [-0.4, -0.2) is 26.8 Å². The van der Waals surface area contributed by atoms with E-state index in [1.807, 2.05) is 11.8 Å². The molecule has 14 heavy (non-hydrogen) atoms. The zero-order chi connectivity index (χ0) is 10.6. The highest BCUT2D eigenvalue weighted by molar-refractivity contribution is 7.98. The van der Waals surface area contributed by atoms with E-state index in [1.54, 1.807) is 0 Å². The lowest BCUT2D eigenvalue weighted by atomic mass is 10.2. The van der Waals surface area contributed by atoms with Gasteiger partial charge in [0.25, 0.3) is 0 Å². The smallest absolute Gasteiger partial charge is 0.225 e. The minimum absolute atomic E-state index is 0.419. The van der Waals surface area contributed by atoms with Gasteiger partial charge < -0.3 is 0 Å². The number of aryl methyl sites for hydroxylation is 1. The summed E-state index contributed by atoms with van der Waals surface area (Å²) in [6.45, 7) is 4.24. The van der Waals surface area contributed by atoms with E-state index in [1.165, 1.54) is 0 Å². The number of halogens is 1. The van der Waals surface area contributed by atoms with Gasteiger partial charge >= 0.3 is 0 Å². The molecule has 0 fully saturated rings. The Bertz CT molecular complexity index is 288. The highest BCUT2D eigenvalue weighted by atomic mass is 35.5. The first kappa shape index (κ1) is 11.9. The fourth-order valence-electron chi connectivity index (χ4n) is 1.47. The van der Waals surface area contributed by atoms with Crippen LogP contribution in [0.25, 0.3) is 0 Å². The molecule has 1 unspecified atom stereocenters. The van der Waals surface area contributed by atoms with Gasteiger partial charge in [-0.2, -0.15) is 11.8 Å². The molecule has 1 rings (SSSR count). The summed E-state index contributed by atoms with van der Waals surface area (Å²) in [5.41, 5.74) is 0. The minimum Gasteiger partial charge on any atom is -0.298 e. The third kappa shape index (κ3) is 2.42. The van der Waals surface area contributed by atoms with Gasteiger partial charge in [0.2, 0.25) is 5.28 Å². The van der Waals surface area contributed by atoms with Crippen LogP contribution in [0.1, 0.15) is 32.1 Å². The van der Waals surface area contributed by atoms with E-state index >= 15 is 0 Å². The van der Waals surface area contributed by atoms with Gasteiger partial charge in [0.05, 0.1) is 0 Å². The Balaban J connectivity index is 2.94. The van der Waals surface area contributed by atoms with Gasteiger partial charge in [-0.1, -0.05) is 13.8 Å². The normalized spacial score (nSPS) is 13.1. The van der Waals surface area contributed by atoms with Crippen LogP contribution in [0, 0.1) is 0 Å². The van der Waals surface area contributed by atoms with Gasteiger partial charge in [-0.05, 0) is 24.3 Å². The summed E-state index contributed by atoms with van der Waals surface area (Å²) in [5.74, 6) is 2.04. The zero-order valence-electron chi connectivity index (χ0n) is 8.83. The maximum Gasteiger partial charge on any atom is 0.225 e. The first-order valence-corrected chi connectivity index (χ1v) is 6.59. The molecule has 0 amide bonds. The van der Waals surface area contributed by atoms with E-state index in [2.05, 4.69) is 34.9 Å². The van der Waals surface area contributed by atoms with E-state index in [4.69, 9.17) is 11.6 Å². The van der Waals surface area contributed by atoms with Crippen molar-refractivity contribution in [2.24, 2.45) is 0 Å². The minimum atomic E-state index is 0.419. The summed E-state index contributed by atoms with van der Waals surface area (Å²) in [6.07, 6.45) is 4.04. The maximum absolute atomic E-state index is 6.01. The molecule has 0 aromatic carbocycles. The topological polar surface area (TPSA) is 30.7 Å². The number of hydrogen-bond acceptors (Lipinski definition) is 3. The van der Waals surface area contributed by atoms with Crippen molar-refractivity contribution in [3.63, 3.8) is 0 Å². The molecule has 0 aliphatic rings. The van der Waals surface area contributed by atoms with Gasteiger partial charge in [-0.3, -0.25) is 4.57 Å². The second-order valence-corrected chi connectivity index (χ2v) is 4.37. The van der Waals surface area contributed by atoms with Gasteiger partial charge in [0.15, 0.2) is 0 Å². The summed E-state index contributed by atoms with van der Waals surface area (Å²) < 4.78 is 2.05. The van der Waals surface area contributed by atoms with Crippen molar-refractivity contribution in [2.45, 2.75) is 32.7 Å². The summed E-state index contributed by atoms with van der Waals surface area (Å²) in [4.78, 5) is 0. The average Bonchev–Trinajstić information content (AvgIpc) is 2.56. The van der Waals surface area contributed by atoms with Crippen LogP contribution in [0.5, 0.6) is 0 Å². The van der Waals surface area contributed by atoms with Crippen molar-refractivity contribution in [1.29, 1.82) is 0 Å². The number of thioether (sulfide) groups is 1. The van der Waals surface area contributed by atoms with Crippen LogP contribution in [0.15, 0.2) is 0 Å². The van der Waals surface area contributed by atoms with E-state index < -0.39 is 0 Å². The van der Waals surface area contributed by atoms with Crippen LogP contribution in [-0.2, 0) is 6.42 Å². The predicted molar refractivity (Wildman–Crippen MR) is 62.1 cm³/mol. The van der Waals surface area contributed by atoms with Gasteiger partial charge in [-0.15, -0.1) is 10.2 Å². The summed E-state index contributed by atoms with van der Waals surface area (Å²) in [5, 5.41) is 8.48. The first-order valence-electron chi connectivity index (χ1n) is 4.82. The van der Waals surface area contributed by atoms with Gasteiger partial charge in [0, 0.05) is 18.2 Å². The molecular weight excluding hydrogens is 218 g/mol. The Labute approximate surface area is 94.2 Å². The molecule has 80 valence electrons. The van der Waals surface area contributed by atoms with Crippen molar-refractivity contribution in [1.82, 2.24) is 14.8 Å². The molecule has 0 bridgehead atoms. The third-order valence-corrected chi connectivity index (χ3v) is 3.21. The molecule has 5 heteroatoms. The van der Waals surface area contributed by atoms with E-state index in [-0.39, 0.29) is 0 Å². The summed E-state index contributed by atoms with van der Waals surface area (Å²) >= 11 is 7.84. The number of aromatic nitrogens is 3. The molecule has 1 aromatic heterocycles. The van der Waals surface area contributed by atoms with Crippen molar-refractivity contribution in [3.8, 4) is 0 Å². The molecular formula is C9H16ClN3S. The predicted octanol–water partition coefficient (Wildman–Crippen LogP) is 2.81. The highest BCUT2D eigenvalue weighted by Gasteiger charge is 2.16. The van der Waals surface area contributed by atoms with Crippen molar-refractivity contribution in [3.05, 3.63) is 11.1 Å². The molecule has 1 heterocycles. The molecule has 0 N–H and O–H groups in total. The van der Waals surface area contributed by atoms with E-state index in [0.717, 1.165) is 24.4 Å². The van der Waals surface area contributed by atoms with Gasteiger partial charge in [-0.25, -0.2) is 0 Å². The molecule has 3 nitrogen and oxygen atoms in total. The summed E-state index contributed by atoms with van der Waals surface area (Å²) in [6, 6.07) is 0.419. The lowest BCUT2D eigenvalue weighted by molar-refractivity contribution is 0.519. The fourth-order valence-corrected chi connectivity index (χ4v) is 2.51. The molecule has 0 saturated carbocycles. The zero-order valence-corrected chi connectivity index (χ0v) is 10.4. The largest absolute Gasteiger partial charge is 0.298 e. The summed E-state index contributed by atoms with van der Waals surface area (Å²) in [7, 11) is 0. The number of nitrogens with zero attached hydrogens (tertiary/aromatic N) is 3. The number of rotatable bonds is 5. The Morgan fingerprint density at radius 1 is 1.43 bits per heavy atom. The Kier molecular flexibility index (Phi) is 4.75. The van der Waals surface area contributed by atoms with Crippen LogP contribution >= 0.6 is 23.4 Å². The van der Waals surface area contributed by atoms with Crippen LogP contribution in [0.3, 0.4) is 0 Å². The first-order chi connectivity index (χ1) is 6.74. The molecule has 0 spiro atoms. The molecule has 0 radical (unpaired) electrons. The Morgan fingerprint density at radius 2 is 2.14 bits per heavy atom. The van der Waals surface area contributed by atoms with Crippen LogP contribution < -0.4 is 0 Å². The SMILES string of the molecule is CCc1nnc(Cl)n1C(CC)CSC. The van der Waals surface area contributed by atoms with Crippen molar-refractivity contribution < 1.29 is 0 Å². The quantitative estimate of drug-likeness (QED) is 0.784. The molecule has 0 saturated heterocycles. The van der Waals surface area contributed by atoms with E-state index in [9.17, 15) is 0 Å². The second kappa shape index (κ2) is 5.61. The maximum atomic E-state index is 6.01. The van der Waals surface area contributed by atoms with E-state index in [0.29, 0.717) is 11.3 Å². The molecule has 0 aliphatic carbocycles. The van der Waals surface area contributed by atoms with Crippen LogP contribution in [0.2, 0.25) is 5.28 Å². The molecule has 1 aromatic rings. The van der Waals surface area contributed by atoms with Crippen LogP contribution in [0.4, 0.5) is 0 Å². The Hall–Kier alpha value is -0.220. The van der Waals surface area contributed by atoms with Gasteiger partial charge in [0.1, 0.15) is 5.82 Å². The molecule has 1 atom stereocenters. The standard InChI is InChI=1S/C9H16ClN3S/c1-4-7(6-14-3)13-8(5-2)11-12-9(13)10/h7H,4-6H2,1-3H3. The Morgan fingerprint density at radius 3 is 2.64 bits per heavy atom. The van der Waals surface area contributed by atoms with Crippen molar-refractivity contribution >= 4 is 23.4 Å². The highest BCUT2D eigenvalue weighted by Crippen LogP contribution is 2.22. The van der Waals surface area contributed by atoms with Crippen molar-refractivity contribution in [2.75, 3.05) is 12.0 Å². The second-order valence-electron chi connectivity index (χ2n) is 3.13. The third-order valence-electron chi connectivity index (χ3n) is 2.24. The monoisotopic (exact) mass is 233 g/mol. The molecule has 0 aliphatic heterocycles. The lowest BCUT2D eigenvalue weighted by Gasteiger charge is -2.17. The lowest BCUT2D eigenvalue weighted by Crippen LogP contribution is -2.13. The fraction of sp³-hybridized carbons (Fsp3) is 0.778. The number of hydrogen-bond donors (Lipinski definition) is 0.